The second kappa shape index (κ2) is 4.56. The maximum Gasteiger partial charge on any atom is 0.272 e. The van der Waals surface area contributed by atoms with E-state index in [2.05, 4.69) is 20.6 Å². The van der Waals surface area contributed by atoms with E-state index >= 15 is 0 Å². The van der Waals surface area contributed by atoms with Crippen molar-refractivity contribution in [2.24, 2.45) is 7.05 Å². The Hall–Kier alpha value is -2.63. The minimum absolute atomic E-state index is 0.182. The quantitative estimate of drug-likeness (QED) is 0.739. The largest absolute Gasteiger partial charge is 0.346 e. The van der Waals surface area contributed by atoms with Crippen molar-refractivity contribution in [1.82, 2.24) is 25.3 Å². The normalized spacial score (nSPS) is 10.8. The SMILES string of the molecule is Cn1nc(C(=O)NCc2cn[nH]c2)c2ccccc21. The molecule has 6 nitrogen and oxygen atoms in total. The fraction of sp³-hybridized carbons (Fsp3) is 0.154. The van der Waals surface area contributed by atoms with Crippen molar-refractivity contribution >= 4 is 16.8 Å². The lowest BCUT2D eigenvalue weighted by molar-refractivity contribution is 0.0947. The molecule has 1 aromatic carbocycles. The van der Waals surface area contributed by atoms with Crippen LogP contribution in [0.3, 0.4) is 0 Å². The molecule has 6 heteroatoms. The molecule has 0 fully saturated rings. The molecule has 2 aromatic heterocycles. The van der Waals surface area contributed by atoms with Crippen LogP contribution in [0.2, 0.25) is 0 Å². The average Bonchev–Trinajstić information content (AvgIpc) is 3.05. The summed E-state index contributed by atoms with van der Waals surface area (Å²) in [6, 6.07) is 7.67. The smallest absolute Gasteiger partial charge is 0.272 e. The molecule has 3 aromatic rings. The number of aromatic nitrogens is 4. The standard InChI is InChI=1S/C13H13N5O/c1-18-11-5-3-2-4-10(11)12(17-18)13(19)14-6-9-7-15-16-8-9/h2-5,7-8H,6H2,1H3,(H,14,19)(H,15,16). The number of rotatable bonds is 3. The number of nitrogens with zero attached hydrogens (tertiary/aromatic N) is 3. The highest BCUT2D eigenvalue weighted by molar-refractivity contribution is 6.04. The van der Waals surface area contributed by atoms with E-state index in [0.717, 1.165) is 16.5 Å². The van der Waals surface area contributed by atoms with Crippen molar-refractivity contribution in [2.75, 3.05) is 0 Å². The van der Waals surface area contributed by atoms with Gasteiger partial charge in [-0.2, -0.15) is 10.2 Å². The molecule has 19 heavy (non-hydrogen) atoms. The van der Waals surface area contributed by atoms with Crippen molar-refractivity contribution < 1.29 is 4.79 Å². The predicted molar refractivity (Wildman–Crippen MR) is 70.5 cm³/mol. The number of carbonyl (C=O) groups is 1. The highest BCUT2D eigenvalue weighted by Crippen LogP contribution is 2.17. The number of fused-ring (bicyclic) bond motifs is 1. The Morgan fingerprint density at radius 3 is 3.05 bits per heavy atom. The van der Waals surface area contributed by atoms with Crippen LogP contribution < -0.4 is 5.32 Å². The molecular weight excluding hydrogens is 242 g/mol. The van der Waals surface area contributed by atoms with Crippen LogP contribution in [-0.2, 0) is 13.6 Å². The molecule has 0 radical (unpaired) electrons. The van der Waals surface area contributed by atoms with E-state index in [1.807, 2.05) is 31.3 Å². The molecule has 3 rings (SSSR count). The van der Waals surface area contributed by atoms with E-state index in [9.17, 15) is 4.79 Å². The lowest BCUT2D eigenvalue weighted by Gasteiger charge is -2.00. The first-order valence-corrected chi connectivity index (χ1v) is 5.93. The Balaban J connectivity index is 1.85. The Labute approximate surface area is 109 Å². The molecule has 0 unspecified atom stereocenters. The van der Waals surface area contributed by atoms with Gasteiger partial charge < -0.3 is 5.32 Å². The number of benzene rings is 1. The Morgan fingerprint density at radius 1 is 1.42 bits per heavy atom. The molecule has 2 N–H and O–H groups in total. The average molecular weight is 255 g/mol. The number of carbonyl (C=O) groups excluding carboxylic acids is 1. The van der Waals surface area contributed by atoms with Gasteiger partial charge in [-0.3, -0.25) is 14.6 Å². The highest BCUT2D eigenvalue weighted by atomic mass is 16.1. The molecule has 0 atom stereocenters. The number of aromatic amines is 1. The molecule has 0 aliphatic heterocycles. The number of nitrogens with one attached hydrogen (secondary N) is 2. The maximum absolute atomic E-state index is 12.1. The zero-order valence-electron chi connectivity index (χ0n) is 10.4. The first-order chi connectivity index (χ1) is 9.25. The van der Waals surface area contributed by atoms with Crippen LogP contribution in [-0.4, -0.2) is 25.9 Å². The number of aryl methyl sites for hydroxylation is 1. The second-order valence-electron chi connectivity index (χ2n) is 4.28. The van der Waals surface area contributed by atoms with Gasteiger partial charge in [0.15, 0.2) is 5.69 Å². The molecule has 0 bridgehead atoms. The lowest BCUT2D eigenvalue weighted by Crippen LogP contribution is -2.23. The molecule has 0 aliphatic rings. The molecule has 96 valence electrons. The summed E-state index contributed by atoms with van der Waals surface area (Å²) in [6.07, 6.45) is 3.42. The summed E-state index contributed by atoms with van der Waals surface area (Å²) < 4.78 is 1.71. The van der Waals surface area contributed by atoms with Gasteiger partial charge in [0.05, 0.1) is 11.7 Å². The van der Waals surface area contributed by atoms with Gasteiger partial charge in [-0.15, -0.1) is 0 Å². The van der Waals surface area contributed by atoms with Gasteiger partial charge in [-0.05, 0) is 6.07 Å². The summed E-state index contributed by atoms with van der Waals surface area (Å²) >= 11 is 0. The van der Waals surface area contributed by atoms with Crippen LogP contribution >= 0.6 is 0 Å². The van der Waals surface area contributed by atoms with E-state index in [-0.39, 0.29) is 5.91 Å². The number of para-hydroxylation sites is 1. The second-order valence-corrected chi connectivity index (χ2v) is 4.28. The summed E-state index contributed by atoms with van der Waals surface area (Å²) in [5.74, 6) is -0.182. The van der Waals surface area contributed by atoms with Crippen LogP contribution in [0.5, 0.6) is 0 Å². The van der Waals surface area contributed by atoms with Gasteiger partial charge in [-0.25, -0.2) is 0 Å². The van der Waals surface area contributed by atoms with Crippen molar-refractivity contribution in [3.8, 4) is 0 Å². The molecule has 0 aliphatic carbocycles. The third kappa shape index (κ3) is 2.08. The summed E-state index contributed by atoms with van der Waals surface area (Å²) in [5, 5.41) is 14.5. The predicted octanol–water partition coefficient (Wildman–Crippen LogP) is 1.23. The number of H-pyrrole nitrogens is 1. The van der Waals surface area contributed by atoms with Crippen LogP contribution in [0, 0.1) is 0 Å². The molecular formula is C13H13N5O. The number of hydrogen-bond acceptors (Lipinski definition) is 3. The van der Waals surface area contributed by atoms with Crippen molar-refractivity contribution in [1.29, 1.82) is 0 Å². The van der Waals surface area contributed by atoms with Gasteiger partial charge in [0.1, 0.15) is 0 Å². The third-order valence-electron chi connectivity index (χ3n) is 2.98. The van der Waals surface area contributed by atoms with Gasteiger partial charge in [-0.1, -0.05) is 18.2 Å². The van der Waals surface area contributed by atoms with Crippen molar-refractivity contribution in [3.63, 3.8) is 0 Å². The van der Waals surface area contributed by atoms with Crippen molar-refractivity contribution in [3.05, 3.63) is 47.9 Å². The van der Waals surface area contributed by atoms with Crippen LogP contribution in [0.1, 0.15) is 16.1 Å². The van der Waals surface area contributed by atoms with Gasteiger partial charge in [0.25, 0.3) is 5.91 Å². The molecule has 0 spiro atoms. The fourth-order valence-corrected chi connectivity index (χ4v) is 2.02. The molecule has 0 saturated heterocycles. The third-order valence-corrected chi connectivity index (χ3v) is 2.98. The Kier molecular flexibility index (Phi) is 2.75. The van der Waals surface area contributed by atoms with E-state index < -0.39 is 0 Å². The summed E-state index contributed by atoms with van der Waals surface area (Å²) in [4.78, 5) is 12.1. The van der Waals surface area contributed by atoms with Gasteiger partial charge in [0, 0.05) is 30.7 Å². The molecule has 1 amide bonds. The monoisotopic (exact) mass is 255 g/mol. The summed E-state index contributed by atoms with van der Waals surface area (Å²) in [7, 11) is 1.83. The Bertz CT molecular complexity index is 714. The van der Waals surface area contributed by atoms with Crippen LogP contribution in [0.4, 0.5) is 0 Å². The van der Waals surface area contributed by atoms with E-state index in [1.165, 1.54) is 0 Å². The van der Waals surface area contributed by atoms with Crippen LogP contribution in [0.25, 0.3) is 10.9 Å². The van der Waals surface area contributed by atoms with E-state index in [1.54, 1.807) is 17.1 Å². The fourth-order valence-electron chi connectivity index (χ4n) is 2.02. The van der Waals surface area contributed by atoms with Crippen LogP contribution in [0.15, 0.2) is 36.7 Å². The maximum atomic E-state index is 12.1. The van der Waals surface area contributed by atoms with Crippen molar-refractivity contribution in [2.45, 2.75) is 6.54 Å². The topological polar surface area (TPSA) is 75.6 Å². The zero-order chi connectivity index (χ0) is 13.2. The minimum Gasteiger partial charge on any atom is -0.346 e. The number of hydrogen-bond donors (Lipinski definition) is 2. The first kappa shape index (κ1) is 11.5. The minimum atomic E-state index is -0.182. The number of amides is 1. The van der Waals surface area contributed by atoms with Gasteiger partial charge in [0.2, 0.25) is 0 Å². The zero-order valence-corrected chi connectivity index (χ0v) is 10.4. The van der Waals surface area contributed by atoms with E-state index in [4.69, 9.17) is 0 Å². The molecule has 2 heterocycles. The summed E-state index contributed by atoms with van der Waals surface area (Å²) in [6.45, 7) is 0.431. The van der Waals surface area contributed by atoms with E-state index in [0.29, 0.717) is 12.2 Å². The Morgan fingerprint density at radius 2 is 2.26 bits per heavy atom. The lowest BCUT2D eigenvalue weighted by atomic mass is 10.2. The van der Waals surface area contributed by atoms with Gasteiger partial charge >= 0.3 is 0 Å². The summed E-state index contributed by atoms with van der Waals surface area (Å²) in [5.41, 5.74) is 2.31. The molecule has 0 saturated carbocycles. The first-order valence-electron chi connectivity index (χ1n) is 5.93. The highest BCUT2D eigenvalue weighted by Gasteiger charge is 2.15.